The average molecular weight is 420 g/mol. The zero-order valence-corrected chi connectivity index (χ0v) is 17.8. The van der Waals surface area contributed by atoms with Crippen molar-refractivity contribution < 1.29 is 24.3 Å². The number of rotatable bonds is 0. The molecule has 0 spiro atoms. The van der Waals surface area contributed by atoms with Crippen LogP contribution in [0.2, 0.25) is 44.8 Å². The van der Waals surface area contributed by atoms with E-state index in [1.165, 1.54) is 0 Å². The van der Waals surface area contributed by atoms with Crippen LogP contribution in [0.15, 0.2) is 0 Å². The van der Waals surface area contributed by atoms with E-state index in [9.17, 15) is 0 Å². The molecular formula is C9H11Cl5NOSiZn-. The Balaban J connectivity index is 0. The summed E-state index contributed by atoms with van der Waals surface area (Å²) in [6.07, 6.45) is 0. The molecule has 0 unspecified atom stereocenters. The van der Waals surface area contributed by atoms with Crippen LogP contribution in [0.3, 0.4) is 0 Å². The Kier molecular flexibility index (Phi) is 10.2. The molecule has 0 fully saturated rings. The second kappa shape index (κ2) is 8.53. The fourth-order valence-electron chi connectivity index (χ4n) is 0.605. The zero-order chi connectivity index (χ0) is 14.0. The van der Waals surface area contributed by atoms with Gasteiger partial charge in [0.2, 0.25) is 0 Å². The quantitative estimate of drug-likeness (QED) is 0.293. The summed E-state index contributed by atoms with van der Waals surface area (Å²) in [6.45, 7) is 5.65. The van der Waals surface area contributed by atoms with Gasteiger partial charge in [-0.25, -0.2) is 0 Å². The Morgan fingerprint density at radius 3 is 1.17 bits per heavy atom. The van der Waals surface area contributed by atoms with Gasteiger partial charge >= 0.3 is 0 Å². The van der Waals surface area contributed by atoms with Crippen LogP contribution >= 0.6 is 58.0 Å². The van der Waals surface area contributed by atoms with Crippen molar-refractivity contribution in [1.29, 1.82) is 0 Å². The molecule has 0 radical (unpaired) electrons. The van der Waals surface area contributed by atoms with E-state index in [4.69, 9.17) is 68.5 Å². The summed E-state index contributed by atoms with van der Waals surface area (Å²) in [5.41, 5.74) is 7.22. The van der Waals surface area contributed by atoms with E-state index in [0.717, 1.165) is 0 Å². The summed E-state index contributed by atoms with van der Waals surface area (Å²) in [7, 11) is -1.61. The van der Waals surface area contributed by atoms with Crippen molar-refractivity contribution in [3.05, 3.63) is 30.8 Å². The molecule has 0 saturated carbocycles. The van der Waals surface area contributed by atoms with E-state index >= 15 is 0 Å². The second-order valence-corrected chi connectivity index (χ2v) is 10.3. The Bertz CT molecular complexity index is 313. The molecule has 1 aromatic carbocycles. The van der Waals surface area contributed by atoms with Gasteiger partial charge in [0.1, 0.15) is 0 Å². The third-order valence-electron chi connectivity index (χ3n) is 1.21. The van der Waals surface area contributed by atoms with Gasteiger partial charge in [0.05, 0.1) is 15.1 Å². The van der Waals surface area contributed by atoms with E-state index < -0.39 is 8.32 Å². The van der Waals surface area contributed by atoms with Gasteiger partial charge in [-0.2, -0.15) is 0 Å². The number of nitrogens with one attached hydrogen (secondary N) is 1. The summed E-state index contributed by atoms with van der Waals surface area (Å²) in [5, 5.41) is 0.201. The molecule has 0 aliphatic carbocycles. The van der Waals surface area contributed by atoms with Crippen LogP contribution in [-0.4, -0.2) is 13.1 Å². The van der Waals surface area contributed by atoms with Gasteiger partial charge in [0.25, 0.3) is 0 Å². The summed E-state index contributed by atoms with van der Waals surface area (Å²) < 4.78 is 0. The zero-order valence-electron chi connectivity index (χ0n) is 10.0. The van der Waals surface area contributed by atoms with Gasteiger partial charge in [-0.05, 0) is 19.6 Å². The number of hydrogen-bond donors (Lipinski definition) is 1. The van der Waals surface area contributed by atoms with Crippen molar-refractivity contribution >= 4 is 72.0 Å². The van der Waals surface area contributed by atoms with Crippen LogP contribution in [0.25, 0.3) is 5.73 Å². The van der Waals surface area contributed by atoms with Crippen molar-refractivity contribution in [2.45, 2.75) is 19.6 Å². The van der Waals surface area contributed by atoms with Gasteiger partial charge in [0, 0.05) is 29.5 Å². The monoisotopic (exact) mass is 416 g/mol. The molecule has 0 aliphatic heterocycles. The third kappa shape index (κ3) is 7.16. The van der Waals surface area contributed by atoms with Crippen LogP contribution in [0, 0.1) is 0 Å². The summed E-state index contributed by atoms with van der Waals surface area (Å²) in [5.74, 6) is 0. The average Bonchev–Trinajstić information content (AvgIpc) is 2.18. The molecule has 100 valence electrons. The van der Waals surface area contributed by atoms with Crippen LogP contribution in [0.4, 0.5) is 5.69 Å². The molecular weight excluding hydrogens is 409 g/mol. The van der Waals surface area contributed by atoms with Gasteiger partial charge < -0.3 is 10.5 Å². The maximum absolute atomic E-state index is 8.66. The van der Waals surface area contributed by atoms with E-state index in [1.54, 1.807) is 0 Å². The molecule has 2 nitrogen and oxygen atoms in total. The van der Waals surface area contributed by atoms with Crippen molar-refractivity contribution in [2.75, 3.05) is 0 Å². The first kappa shape index (κ1) is 21.6. The van der Waals surface area contributed by atoms with E-state index in [0.29, 0.717) is 0 Å². The smallest absolute Gasteiger partial charge is 0.179 e. The third-order valence-corrected chi connectivity index (χ3v) is 3.49. The van der Waals surface area contributed by atoms with Gasteiger partial charge in [-0.15, -0.1) is 5.69 Å². The molecule has 0 amide bonds. The first-order chi connectivity index (χ1) is 7.46. The summed E-state index contributed by atoms with van der Waals surface area (Å²) >= 11 is 28.1. The fraction of sp³-hybridized carbons (Fsp3) is 0.333. The Morgan fingerprint density at radius 1 is 0.778 bits per heavy atom. The predicted octanol–water partition coefficient (Wildman–Crippen LogP) is 6.45. The maximum atomic E-state index is 8.66. The minimum absolute atomic E-state index is 0. The standard InChI is InChI=1S/C6HCl5N.C3H10OSi.Zn/c7-1-2(8)4(10)6(12)5(11)3(1)9;1-5(2,3)4;/h12H;4H,1-3H3;/q-1;;. The van der Waals surface area contributed by atoms with E-state index in [2.05, 4.69) is 0 Å². The van der Waals surface area contributed by atoms with Gasteiger partial charge in [-0.1, -0.05) is 58.0 Å². The van der Waals surface area contributed by atoms with Gasteiger partial charge in [0.15, 0.2) is 8.32 Å². The van der Waals surface area contributed by atoms with Crippen molar-refractivity contribution in [1.82, 2.24) is 0 Å². The number of benzene rings is 1. The molecule has 0 aromatic heterocycles. The van der Waals surface area contributed by atoms with Crippen molar-refractivity contribution in [2.24, 2.45) is 0 Å². The SMILES string of the molecule is C[Si](C)(C)O.[NH-]c1c(Cl)c(Cl)c(Cl)c(Cl)c1Cl.[Zn]. The molecule has 1 aromatic rings. The van der Waals surface area contributed by atoms with Crippen LogP contribution in [-0.2, 0) is 19.5 Å². The largest absolute Gasteiger partial charge is 0.696 e. The van der Waals surface area contributed by atoms with Crippen LogP contribution in [0.1, 0.15) is 0 Å². The topological polar surface area (TPSA) is 44.0 Å². The minimum atomic E-state index is -1.61. The Labute approximate surface area is 146 Å². The summed E-state index contributed by atoms with van der Waals surface area (Å²) in [6, 6.07) is 0. The number of halogens is 5. The molecule has 0 bridgehead atoms. The molecule has 2 N–H and O–H groups in total. The maximum Gasteiger partial charge on any atom is 0.179 e. The molecule has 0 atom stereocenters. The first-order valence-corrected chi connectivity index (χ1v) is 9.76. The first-order valence-electron chi connectivity index (χ1n) is 4.42. The fourth-order valence-corrected chi connectivity index (χ4v) is 1.74. The molecule has 0 heterocycles. The molecule has 0 saturated heterocycles. The van der Waals surface area contributed by atoms with E-state index in [-0.39, 0.29) is 50.3 Å². The summed E-state index contributed by atoms with van der Waals surface area (Å²) in [4.78, 5) is 8.66. The van der Waals surface area contributed by atoms with Crippen LogP contribution in [0.5, 0.6) is 0 Å². The predicted molar refractivity (Wildman–Crippen MR) is 81.0 cm³/mol. The Hall–Kier alpha value is 1.27. The van der Waals surface area contributed by atoms with E-state index in [1.807, 2.05) is 19.6 Å². The molecule has 0 aliphatic rings. The van der Waals surface area contributed by atoms with Crippen molar-refractivity contribution in [3.8, 4) is 0 Å². The molecule has 1 rings (SSSR count). The number of hydrogen-bond acceptors (Lipinski definition) is 1. The van der Waals surface area contributed by atoms with Crippen LogP contribution < -0.4 is 0 Å². The normalized spacial score (nSPS) is 10.3. The second-order valence-electron chi connectivity index (χ2n) is 4.12. The molecule has 9 heteroatoms. The Morgan fingerprint density at radius 2 is 0.944 bits per heavy atom. The minimum Gasteiger partial charge on any atom is -0.696 e. The van der Waals surface area contributed by atoms with Gasteiger partial charge in [-0.3, -0.25) is 0 Å². The van der Waals surface area contributed by atoms with Crippen molar-refractivity contribution in [3.63, 3.8) is 0 Å². The molecule has 18 heavy (non-hydrogen) atoms.